The number of hydrogen-bond donors (Lipinski definition) is 2. The van der Waals surface area contributed by atoms with Gasteiger partial charge in [-0.15, -0.1) is 0 Å². The van der Waals surface area contributed by atoms with E-state index >= 15 is 0 Å². The number of hydrogen-bond acceptors (Lipinski definition) is 3. The summed E-state index contributed by atoms with van der Waals surface area (Å²) in [6.45, 7) is 4.04. The third-order valence-corrected chi connectivity index (χ3v) is 4.03. The third-order valence-electron chi connectivity index (χ3n) is 4.03. The second kappa shape index (κ2) is 5.59. The van der Waals surface area contributed by atoms with E-state index in [0.717, 1.165) is 30.3 Å². The quantitative estimate of drug-likeness (QED) is 0.876. The highest BCUT2D eigenvalue weighted by molar-refractivity contribution is 6.05. The van der Waals surface area contributed by atoms with E-state index in [-0.39, 0.29) is 11.9 Å². The van der Waals surface area contributed by atoms with Gasteiger partial charge in [-0.25, -0.2) is 0 Å². The molecule has 104 valence electrons. The van der Waals surface area contributed by atoms with Crippen molar-refractivity contribution < 1.29 is 4.79 Å². The Hall–Kier alpha value is -1.94. The molecule has 3 rings (SSSR count). The lowest BCUT2D eigenvalue weighted by molar-refractivity contribution is 0.0912. The van der Waals surface area contributed by atoms with Crippen molar-refractivity contribution in [1.29, 1.82) is 0 Å². The van der Waals surface area contributed by atoms with E-state index in [2.05, 4.69) is 22.5 Å². The molecule has 0 bridgehead atoms. The normalized spacial score (nSPS) is 22.6. The van der Waals surface area contributed by atoms with Gasteiger partial charge in [0.15, 0.2) is 0 Å². The predicted molar refractivity (Wildman–Crippen MR) is 79.6 cm³/mol. The molecule has 2 unspecified atom stereocenters. The van der Waals surface area contributed by atoms with E-state index in [1.807, 2.05) is 30.3 Å². The van der Waals surface area contributed by atoms with Crippen LogP contribution in [0.4, 0.5) is 0 Å². The number of nitrogens with one attached hydrogen (secondary N) is 2. The molecule has 2 aromatic rings. The number of amides is 1. The van der Waals surface area contributed by atoms with Gasteiger partial charge in [0.25, 0.3) is 5.91 Å². The molecule has 1 aliphatic rings. The second-order valence-electron chi connectivity index (χ2n) is 5.43. The van der Waals surface area contributed by atoms with E-state index in [0.29, 0.717) is 11.6 Å². The molecule has 1 fully saturated rings. The van der Waals surface area contributed by atoms with Gasteiger partial charge < -0.3 is 10.6 Å². The number of piperidine rings is 1. The third kappa shape index (κ3) is 2.51. The van der Waals surface area contributed by atoms with Crippen LogP contribution in [-0.2, 0) is 0 Å². The molecule has 0 aliphatic carbocycles. The lowest BCUT2D eigenvalue weighted by Crippen LogP contribution is -2.50. The maximum Gasteiger partial charge on any atom is 0.270 e. The van der Waals surface area contributed by atoms with E-state index < -0.39 is 0 Å². The van der Waals surface area contributed by atoms with Crippen LogP contribution in [0.15, 0.2) is 36.5 Å². The number of carbonyl (C=O) groups is 1. The van der Waals surface area contributed by atoms with Crippen LogP contribution in [0.3, 0.4) is 0 Å². The number of pyridine rings is 1. The Morgan fingerprint density at radius 2 is 2.20 bits per heavy atom. The molecule has 2 N–H and O–H groups in total. The molecule has 1 aliphatic heterocycles. The molecule has 0 radical (unpaired) electrons. The summed E-state index contributed by atoms with van der Waals surface area (Å²) in [5, 5.41) is 8.39. The van der Waals surface area contributed by atoms with Crippen LogP contribution in [0.2, 0.25) is 0 Å². The molecule has 20 heavy (non-hydrogen) atoms. The van der Waals surface area contributed by atoms with Crippen LogP contribution in [0.1, 0.15) is 23.8 Å². The lowest BCUT2D eigenvalue weighted by Gasteiger charge is -2.30. The largest absolute Gasteiger partial charge is 0.346 e. The highest BCUT2D eigenvalue weighted by Crippen LogP contribution is 2.17. The van der Waals surface area contributed by atoms with E-state index in [1.165, 1.54) is 0 Å². The van der Waals surface area contributed by atoms with E-state index in [4.69, 9.17) is 0 Å². The second-order valence-corrected chi connectivity index (χ2v) is 5.43. The summed E-state index contributed by atoms with van der Waals surface area (Å²) in [6.07, 6.45) is 2.79. The predicted octanol–water partition coefficient (Wildman–Crippen LogP) is 1.96. The van der Waals surface area contributed by atoms with Crippen molar-refractivity contribution in [2.45, 2.75) is 19.4 Å². The molecule has 1 saturated heterocycles. The zero-order valence-electron chi connectivity index (χ0n) is 11.6. The van der Waals surface area contributed by atoms with Gasteiger partial charge in [0.1, 0.15) is 5.69 Å². The van der Waals surface area contributed by atoms with Crippen molar-refractivity contribution >= 4 is 16.7 Å². The smallest absolute Gasteiger partial charge is 0.270 e. The van der Waals surface area contributed by atoms with Crippen LogP contribution >= 0.6 is 0 Å². The van der Waals surface area contributed by atoms with Crippen molar-refractivity contribution in [3.8, 4) is 0 Å². The van der Waals surface area contributed by atoms with Gasteiger partial charge in [0.05, 0.1) is 0 Å². The Balaban J connectivity index is 1.85. The fourth-order valence-corrected chi connectivity index (χ4v) is 2.72. The molecule has 2 atom stereocenters. The Labute approximate surface area is 118 Å². The Bertz CT molecular complexity index is 621. The zero-order chi connectivity index (χ0) is 13.9. The van der Waals surface area contributed by atoms with Crippen molar-refractivity contribution in [2.24, 2.45) is 5.92 Å². The number of nitrogens with zero attached hydrogens (tertiary/aromatic N) is 1. The van der Waals surface area contributed by atoms with Crippen LogP contribution in [0.5, 0.6) is 0 Å². The average Bonchev–Trinajstić information content (AvgIpc) is 2.49. The molecule has 0 spiro atoms. The van der Waals surface area contributed by atoms with Crippen molar-refractivity contribution in [2.75, 3.05) is 13.1 Å². The first-order valence-corrected chi connectivity index (χ1v) is 7.11. The minimum absolute atomic E-state index is 0.0812. The molecule has 2 heterocycles. The van der Waals surface area contributed by atoms with Gasteiger partial charge in [0.2, 0.25) is 0 Å². The SMILES string of the molecule is CC1CCNCC1NC(=O)c1nccc2ccccc12. The summed E-state index contributed by atoms with van der Waals surface area (Å²) < 4.78 is 0. The first-order chi connectivity index (χ1) is 9.75. The average molecular weight is 269 g/mol. The van der Waals surface area contributed by atoms with Crippen LogP contribution in [-0.4, -0.2) is 30.0 Å². The fourth-order valence-electron chi connectivity index (χ4n) is 2.72. The molecule has 1 amide bonds. The molecule has 1 aromatic carbocycles. The zero-order valence-corrected chi connectivity index (χ0v) is 11.6. The summed E-state index contributed by atoms with van der Waals surface area (Å²) in [7, 11) is 0. The number of carbonyl (C=O) groups excluding carboxylic acids is 1. The minimum atomic E-state index is -0.0812. The highest BCUT2D eigenvalue weighted by Gasteiger charge is 2.24. The first kappa shape index (κ1) is 13.1. The standard InChI is InChI=1S/C16H19N3O/c1-11-6-8-17-10-14(11)19-16(20)15-13-5-3-2-4-12(13)7-9-18-15/h2-5,7,9,11,14,17H,6,8,10H2,1H3,(H,19,20). The summed E-state index contributed by atoms with van der Waals surface area (Å²) in [5.41, 5.74) is 0.515. The minimum Gasteiger partial charge on any atom is -0.346 e. The molecule has 4 heteroatoms. The number of aromatic nitrogens is 1. The van der Waals surface area contributed by atoms with Gasteiger partial charge >= 0.3 is 0 Å². The van der Waals surface area contributed by atoms with Gasteiger partial charge in [-0.1, -0.05) is 31.2 Å². The van der Waals surface area contributed by atoms with E-state index in [9.17, 15) is 4.79 Å². The topological polar surface area (TPSA) is 54.0 Å². The molecular formula is C16H19N3O. The van der Waals surface area contributed by atoms with Gasteiger partial charge in [-0.05, 0) is 30.3 Å². The maximum absolute atomic E-state index is 12.5. The van der Waals surface area contributed by atoms with Crippen LogP contribution in [0.25, 0.3) is 10.8 Å². The Morgan fingerprint density at radius 1 is 1.35 bits per heavy atom. The fraction of sp³-hybridized carbons (Fsp3) is 0.375. The molecule has 0 saturated carbocycles. The Kier molecular flexibility index (Phi) is 3.65. The van der Waals surface area contributed by atoms with Gasteiger partial charge in [-0.2, -0.15) is 0 Å². The van der Waals surface area contributed by atoms with Crippen LogP contribution in [0, 0.1) is 5.92 Å². The molecular weight excluding hydrogens is 250 g/mol. The van der Waals surface area contributed by atoms with Crippen molar-refractivity contribution in [3.63, 3.8) is 0 Å². The molecule has 4 nitrogen and oxygen atoms in total. The Morgan fingerprint density at radius 3 is 3.05 bits per heavy atom. The summed E-state index contributed by atoms with van der Waals surface area (Å²) in [6, 6.07) is 9.95. The lowest BCUT2D eigenvalue weighted by atomic mass is 9.94. The highest BCUT2D eigenvalue weighted by atomic mass is 16.1. The van der Waals surface area contributed by atoms with Gasteiger partial charge in [0, 0.05) is 24.2 Å². The molecule has 1 aromatic heterocycles. The van der Waals surface area contributed by atoms with Crippen molar-refractivity contribution in [1.82, 2.24) is 15.6 Å². The summed E-state index contributed by atoms with van der Waals surface area (Å²) >= 11 is 0. The first-order valence-electron chi connectivity index (χ1n) is 7.11. The van der Waals surface area contributed by atoms with Crippen LogP contribution < -0.4 is 10.6 Å². The van der Waals surface area contributed by atoms with Crippen molar-refractivity contribution in [3.05, 3.63) is 42.2 Å². The van der Waals surface area contributed by atoms with Gasteiger partial charge in [-0.3, -0.25) is 9.78 Å². The number of rotatable bonds is 2. The van der Waals surface area contributed by atoms with E-state index in [1.54, 1.807) is 6.20 Å². The summed E-state index contributed by atoms with van der Waals surface area (Å²) in [4.78, 5) is 16.7. The summed E-state index contributed by atoms with van der Waals surface area (Å²) in [5.74, 6) is 0.414. The monoisotopic (exact) mass is 269 g/mol. The maximum atomic E-state index is 12.5. The number of fused-ring (bicyclic) bond motifs is 1. The number of benzene rings is 1.